The average molecular weight is 731 g/mol. The van der Waals surface area contributed by atoms with Gasteiger partial charge in [-0.05, 0) is 104 Å². The number of aromatic amines is 2. The van der Waals surface area contributed by atoms with Crippen LogP contribution in [0, 0.1) is 0 Å². The first-order valence-electron chi connectivity index (χ1n) is 20.4. The minimum Gasteiger partial charge on any atom is -0.465 e. The zero-order valence-electron chi connectivity index (χ0n) is 32.6. The molecule has 286 valence electrons. The van der Waals surface area contributed by atoms with Crippen LogP contribution in [0.25, 0.3) is 45.3 Å². The number of aliphatic hydroxyl groups excluding tert-OH is 2. The van der Waals surface area contributed by atoms with Gasteiger partial charge in [-0.3, -0.25) is 4.98 Å². The number of unbranched alkanes of at least 4 members (excludes halogenated alkanes) is 9. The number of esters is 1. The van der Waals surface area contributed by atoms with Gasteiger partial charge < -0.3 is 24.9 Å². The molecule has 0 saturated carbocycles. The number of methoxy groups -OCH3 is 1. The summed E-state index contributed by atoms with van der Waals surface area (Å²) in [6.07, 6.45) is 17.4. The number of H-pyrrole nitrogens is 2. The number of rotatable bonds is 17. The van der Waals surface area contributed by atoms with Crippen LogP contribution in [0.5, 0.6) is 0 Å². The fourth-order valence-corrected chi connectivity index (χ4v) is 7.91. The number of carbonyl (C=O) groups is 1. The quantitative estimate of drug-likeness (QED) is 0.0558. The van der Waals surface area contributed by atoms with E-state index in [1.54, 1.807) is 12.1 Å². The van der Waals surface area contributed by atoms with Crippen molar-refractivity contribution in [2.45, 2.75) is 129 Å². The molecule has 2 unspecified atom stereocenters. The van der Waals surface area contributed by atoms with Gasteiger partial charge in [0.2, 0.25) is 0 Å². The Bertz CT molecular complexity index is 2090. The molecule has 2 aliphatic heterocycles. The van der Waals surface area contributed by atoms with E-state index < -0.39 is 12.2 Å². The van der Waals surface area contributed by atoms with E-state index in [9.17, 15) is 15.0 Å². The first kappa shape index (κ1) is 39.2. The zero-order valence-corrected chi connectivity index (χ0v) is 32.6. The van der Waals surface area contributed by atoms with Crippen molar-refractivity contribution in [3.05, 3.63) is 93.6 Å². The number of fused-ring (bicyclic) bond motifs is 8. The number of aryl methyl sites for hydroxylation is 3. The Morgan fingerprint density at radius 2 is 1.06 bits per heavy atom. The normalized spacial score (nSPS) is 15.2. The lowest BCUT2D eigenvalue weighted by Crippen LogP contribution is -2.07. The van der Waals surface area contributed by atoms with Crippen molar-refractivity contribution in [3.8, 4) is 11.1 Å². The second kappa shape index (κ2) is 18.7. The standard InChI is InChI=1S/C46H58N4O4/c1-5-8-11-14-17-32-35-24-25-37(47-35)33(18-15-12-9-6-2)42-44(51)45(52)43(50-42)34(19-16-13-10-7-3)38-27-29-40(49-38)41(39-28-26-36(32)48-39)30-20-22-31(23-21-30)46(53)54-4/h20-29,44-45,47,49,51-52H,5-19H2,1-4H3. The Hall–Kier alpha value is -4.53. The van der Waals surface area contributed by atoms with Crippen LogP contribution in [-0.4, -0.2) is 43.2 Å². The fraction of sp³-hybridized carbons (Fsp3) is 0.457. The van der Waals surface area contributed by atoms with E-state index in [-0.39, 0.29) is 5.97 Å². The maximum Gasteiger partial charge on any atom is 0.337 e. The summed E-state index contributed by atoms with van der Waals surface area (Å²) in [6, 6.07) is 15.8. The van der Waals surface area contributed by atoms with Crippen LogP contribution >= 0.6 is 0 Å². The summed E-state index contributed by atoms with van der Waals surface area (Å²) >= 11 is 0. The van der Waals surface area contributed by atoms with Gasteiger partial charge in [-0.1, -0.05) is 90.7 Å². The Morgan fingerprint density at radius 3 is 1.57 bits per heavy atom. The van der Waals surface area contributed by atoms with Gasteiger partial charge in [-0.25, -0.2) is 9.78 Å². The summed E-state index contributed by atoms with van der Waals surface area (Å²) < 4.78 is 4.98. The molecule has 54 heavy (non-hydrogen) atoms. The Labute approximate surface area is 320 Å². The lowest BCUT2D eigenvalue weighted by atomic mass is 9.98. The maximum absolute atomic E-state index is 12.4. The number of benzene rings is 1. The van der Waals surface area contributed by atoms with Crippen LogP contribution in [0.15, 0.2) is 48.5 Å². The number of nitrogens with one attached hydrogen (secondary N) is 2. The highest BCUT2D eigenvalue weighted by Gasteiger charge is 2.33. The molecule has 1 aromatic carbocycles. The first-order chi connectivity index (χ1) is 26.4. The van der Waals surface area contributed by atoms with E-state index in [2.05, 4.69) is 67.2 Å². The zero-order chi connectivity index (χ0) is 38.0. The van der Waals surface area contributed by atoms with Gasteiger partial charge in [-0.15, -0.1) is 0 Å². The van der Waals surface area contributed by atoms with Gasteiger partial charge >= 0.3 is 5.97 Å². The van der Waals surface area contributed by atoms with Gasteiger partial charge in [0, 0.05) is 33.2 Å². The van der Waals surface area contributed by atoms with E-state index in [0.717, 1.165) is 145 Å². The summed E-state index contributed by atoms with van der Waals surface area (Å²) in [5.41, 5.74) is 11.8. The number of hydrogen-bond donors (Lipinski definition) is 4. The smallest absolute Gasteiger partial charge is 0.337 e. The Morgan fingerprint density at radius 1 is 0.593 bits per heavy atom. The molecule has 0 aliphatic carbocycles. The van der Waals surface area contributed by atoms with Crippen molar-refractivity contribution >= 4 is 40.2 Å². The number of carbonyl (C=O) groups excluding carboxylic acids is 1. The molecule has 0 fully saturated rings. The van der Waals surface area contributed by atoms with Crippen molar-refractivity contribution < 1.29 is 19.7 Å². The lowest BCUT2D eigenvalue weighted by Gasteiger charge is -2.13. The molecule has 0 spiro atoms. The Kier molecular flexibility index (Phi) is 13.5. The molecule has 5 heterocycles. The van der Waals surface area contributed by atoms with E-state index in [4.69, 9.17) is 14.7 Å². The summed E-state index contributed by atoms with van der Waals surface area (Å²) in [7, 11) is 1.39. The number of aliphatic hydroxyl groups is 2. The molecule has 3 aromatic heterocycles. The predicted molar refractivity (Wildman–Crippen MR) is 220 cm³/mol. The molecule has 2 aliphatic rings. The minimum atomic E-state index is -1.14. The van der Waals surface area contributed by atoms with Crippen LogP contribution in [-0.2, 0) is 24.0 Å². The number of nitrogens with zero attached hydrogens (tertiary/aromatic N) is 2. The fourth-order valence-electron chi connectivity index (χ4n) is 7.91. The van der Waals surface area contributed by atoms with E-state index in [1.807, 2.05) is 12.1 Å². The predicted octanol–water partition coefficient (Wildman–Crippen LogP) is 11.1. The molecular weight excluding hydrogens is 673 g/mol. The van der Waals surface area contributed by atoms with Crippen molar-refractivity contribution in [2.75, 3.05) is 7.11 Å². The largest absolute Gasteiger partial charge is 0.465 e. The van der Waals surface area contributed by atoms with Crippen LogP contribution in [0.3, 0.4) is 0 Å². The van der Waals surface area contributed by atoms with E-state index >= 15 is 0 Å². The minimum absolute atomic E-state index is 0.383. The molecule has 8 nitrogen and oxygen atoms in total. The molecular formula is C46H58N4O4. The number of ether oxygens (including phenoxy) is 1. The van der Waals surface area contributed by atoms with Crippen molar-refractivity contribution in [1.29, 1.82) is 0 Å². The molecule has 8 bridgehead atoms. The summed E-state index contributed by atoms with van der Waals surface area (Å²) in [5.74, 6) is -0.383. The maximum atomic E-state index is 12.4. The third-order valence-corrected chi connectivity index (χ3v) is 11.0. The third kappa shape index (κ3) is 8.71. The van der Waals surface area contributed by atoms with Crippen molar-refractivity contribution in [1.82, 2.24) is 19.9 Å². The topological polar surface area (TPSA) is 124 Å². The second-order valence-corrected chi connectivity index (χ2v) is 14.9. The highest BCUT2D eigenvalue weighted by Crippen LogP contribution is 2.39. The molecule has 0 radical (unpaired) electrons. The molecule has 2 atom stereocenters. The van der Waals surface area contributed by atoms with Crippen LogP contribution < -0.4 is 0 Å². The van der Waals surface area contributed by atoms with Gasteiger partial charge in [0.05, 0.1) is 35.4 Å². The summed E-state index contributed by atoms with van der Waals surface area (Å²) in [5, 5.41) is 23.6. The molecule has 8 heteroatoms. The Balaban J connectivity index is 1.68. The molecule has 0 amide bonds. The van der Waals surface area contributed by atoms with Gasteiger partial charge in [0.1, 0.15) is 12.2 Å². The molecule has 6 rings (SSSR count). The van der Waals surface area contributed by atoms with Gasteiger partial charge in [0.25, 0.3) is 0 Å². The highest BCUT2D eigenvalue weighted by atomic mass is 16.5. The second-order valence-electron chi connectivity index (χ2n) is 14.9. The summed E-state index contributed by atoms with van der Waals surface area (Å²) in [4.78, 5) is 30.3. The first-order valence-corrected chi connectivity index (χ1v) is 20.4. The average Bonchev–Trinajstić information content (AvgIpc) is 4.02. The monoisotopic (exact) mass is 730 g/mol. The molecule has 4 aromatic rings. The molecule has 0 saturated heterocycles. The van der Waals surface area contributed by atoms with Gasteiger partial charge in [0.15, 0.2) is 0 Å². The van der Waals surface area contributed by atoms with Crippen LogP contribution in [0.1, 0.15) is 160 Å². The van der Waals surface area contributed by atoms with Crippen molar-refractivity contribution in [2.24, 2.45) is 0 Å². The van der Waals surface area contributed by atoms with Crippen molar-refractivity contribution in [3.63, 3.8) is 0 Å². The van der Waals surface area contributed by atoms with E-state index in [0.29, 0.717) is 23.4 Å². The lowest BCUT2D eigenvalue weighted by molar-refractivity contribution is 0.0245. The third-order valence-electron chi connectivity index (χ3n) is 11.0. The summed E-state index contributed by atoms with van der Waals surface area (Å²) in [6.45, 7) is 6.65. The highest BCUT2D eigenvalue weighted by molar-refractivity contribution is 5.94. The van der Waals surface area contributed by atoms with Crippen LogP contribution in [0.2, 0.25) is 0 Å². The number of hydrogen-bond acceptors (Lipinski definition) is 6. The SMILES string of the molecule is CCCCCCc1c2nc(c(-c3ccc(C(=O)OC)cc3)c3ccc([nH]3)c(CCCCCC)c3nc(c(CCCCCC)c4ccc1[nH]4)C(O)C3O)C=C2. The molecule has 4 N–H and O–H groups in total. The van der Waals surface area contributed by atoms with E-state index in [1.165, 1.54) is 13.5 Å². The van der Waals surface area contributed by atoms with Gasteiger partial charge in [-0.2, -0.15) is 0 Å². The number of aromatic nitrogens is 4. The van der Waals surface area contributed by atoms with Crippen LogP contribution in [0.4, 0.5) is 0 Å².